The maximum absolute atomic E-state index is 11.3. The van der Waals surface area contributed by atoms with Crippen LogP contribution < -0.4 is 14.8 Å². The van der Waals surface area contributed by atoms with E-state index in [-0.39, 0.29) is 12.2 Å². The standard InChI is InChI=1S/C24H22Cl3NO4/c1-3-31-22-10-15(12-28-21-11-16(24(29)30)8-7-14(21)2)9-20(27)23(22)32-13-17-18(25)5-4-6-19(17)26/h4-11,28H,3,12-13H2,1-2H3,(H,29,30). The van der Waals surface area contributed by atoms with E-state index in [1.165, 1.54) is 0 Å². The molecule has 0 bridgehead atoms. The van der Waals surface area contributed by atoms with Gasteiger partial charge in [0.05, 0.1) is 17.2 Å². The van der Waals surface area contributed by atoms with E-state index >= 15 is 0 Å². The SMILES string of the molecule is CCOc1cc(CNc2cc(C(=O)O)ccc2C)cc(Cl)c1OCc1c(Cl)cccc1Cl. The van der Waals surface area contributed by atoms with Gasteiger partial charge >= 0.3 is 5.97 Å². The number of carboxylic acids is 1. The third kappa shape index (κ3) is 5.80. The zero-order valence-electron chi connectivity index (χ0n) is 17.5. The van der Waals surface area contributed by atoms with Crippen molar-refractivity contribution < 1.29 is 19.4 Å². The van der Waals surface area contributed by atoms with E-state index in [0.717, 1.165) is 16.8 Å². The summed E-state index contributed by atoms with van der Waals surface area (Å²) in [4.78, 5) is 11.3. The fourth-order valence-corrected chi connectivity index (χ4v) is 3.88. The minimum atomic E-state index is -0.977. The predicted molar refractivity (Wildman–Crippen MR) is 129 cm³/mol. The Morgan fingerprint density at radius 3 is 2.38 bits per heavy atom. The summed E-state index contributed by atoms with van der Waals surface area (Å²) in [7, 11) is 0. The Morgan fingerprint density at radius 1 is 1.00 bits per heavy atom. The Bertz CT molecular complexity index is 1110. The molecule has 0 aromatic heterocycles. The van der Waals surface area contributed by atoms with Crippen LogP contribution in [0.2, 0.25) is 15.1 Å². The van der Waals surface area contributed by atoms with Crippen molar-refractivity contribution in [2.45, 2.75) is 27.0 Å². The van der Waals surface area contributed by atoms with E-state index in [9.17, 15) is 9.90 Å². The lowest BCUT2D eigenvalue weighted by Gasteiger charge is -2.17. The zero-order valence-corrected chi connectivity index (χ0v) is 19.8. The molecule has 0 heterocycles. The third-order valence-corrected chi connectivity index (χ3v) is 5.75. The summed E-state index contributed by atoms with van der Waals surface area (Å²) in [5, 5.41) is 13.9. The third-order valence-electron chi connectivity index (χ3n) is 4.76. The molecule has 5 nitrogen and oxygen atoms in total. The highest BCUT2D eigenvalue weighted by molar-refractivity contribution is 6.36. The number of rotatable bonds is 9. The number of carbonyl (C=O) groups is 1. The summed E-state index contributed by atoms with van der Waals surface area (Å²) in [6.07, 6.45) is 0. The average molecular weight is 495 g/mol. The molecule has 3 aromatic carbocycles. The number of anilines is 1. The van der Waals surface area contributed by atoms with E-state index in [0.29, 0.717) is 45.3 Å². The molecule has 0 aliphatic carbocycles. The molecule has 8 heteroatoms. The largest absolute Gasteiger partial charge is 0.490 e. The minimum Gasteiger partial charge on any atom is -0.490 e. The fourth-order valence-electron chi connectivity index (χ4n) is 3.08. The smallest absolute Gasteiger partial charge is 0.335 e. The van der Waals surface area contributed by atoms with Gasteiger partial charge in [-0.2, -0.15) is 0 Å². The quantitative estimate of drug-likeness (QED) is 0.328. The second kappa shape index (κ2) is 10.8. The van der Waals surface area contributed by atoms with Crippen LogP contribution in [-0.2, 0) is 13.2 Å². The van der Waals surface area contributed by atoms with Crippen molar-refractivity contribution in [1.82, 2.24) is 0 Å². The van der Waals surface area contributed by atoms with Gasteiger partial charge in [0.1, 0.15) is 6.61 Å². The van der Waals surface area contributed by atoms with Crippen molar-refractivity contribution in [1.29, 1.82) is 0 Å². The first-order chi connectivity index (χ1) is 15.3. The molecule has 2 N–H and O–H groups in total. The molecule has 0 amide bonds. The average Bonchev–Trinajstić information content (AvgIpc) is 2.74. The molecule has 0 unspecified atom stereocenters. The highest BCUT2D eigenvalue weighted by Gasteiger charge is 2.15. The van der Waals surface area contributed by atoms with Crippen LogP contribution in [0.3, 0.4) is 0 Å². The van der Waals surface area contributed by atoms with Crippen LogP contribution in [0, 0.1) is 6.92 Å². The molecule has 32 heavy (non-hydrogen) atoms. The van der Waals surface area contributed by atoms with Gasteiger partial charge in [0.2, 0.25) is 0 Å². The number of aryl methyl sites for hydroxylation is 1. The molecule has 0 aliphatic heterocycles. The van der Waals surface area contributed by atoms with Crippen LogP contribution >= 0.6 is 34.8 Å². The lowest BCUT2D eigenvalue weighted by molar-refractivity contribution is 0.0697. The first-order valence-corrected chi connectivity index (χ1v) is 11.0. The van der Waals surface area contributed by atoms with Gasteiger partial charge in [-0.3, -0.25) is 0 Å². The van der Waals surface area contributed by atoms with Gasteiger partial charge in [-0.1, -0.05) is 46.9 Å². The van der Waals surface area contributed by atoms with Crippen molar-refractivity contribution in [2.75, 3.05) is 11.9 Å². The van der Waals surface area contributed by atoms with E-state index in [4.69, 9.17) is 44.3 Å². The number of aromatic carboxylic acids is 1. The summed E-state index contributed by atoms with van der Waals surface area (Å²) >= 11 is 19.0. The Hall–Kier alpha value is -2.60. The van der Waals surface area contributed by atoms with Crippen LogP contribution in [0.4, 0.5) is 5.69 Å². The van der Waals surface area contributed by atoms with Crippen LogP contribution in [0.5, 0.6) is 11.5 Å². The molecule has 0 saturated carbocycles. The van der Waals surface area contributed by atoms with Gasteiger partial charge in [0, 0.05) is 27.8 Å². The van der Waals surface area contributed by atoms with Gasteiger partial charge in [-0.15, -0.1) is 0 Å². The molecule has 3 aromatic rings. The van der Waals surface area contributed by atoms with Gasteiger partial charge in [-0.25, -0.2) is 4.79 Å². The number of hydrogen-bond acceptors (Lipinski definition) is 4. The van der Waals surface area contributed by atoms with Crippen LogP contribution in [-0.4, -0.2) is 17.7 Å². The van der Waals surface area contributed by atoms with Gasteiger partial charge < -0.3 is 19.9 Å². The second-order valence-electron chi connectivity index (χ2n) is 7.02. The molecule has 3 rings (SSSR count). The van der Waals surface area contributed by atoms with Crippen molar-refractivity contribution in [2.24, 2.45) is 0 Å². The van der Waals surface area contributed by atoms with Gasteiger partial charge in [-0.05, 0) is 61.4 Å². The normalized spacial score (nSPS) is 10.7. The Kier molecular flexibility index (Phi) is 8.13. The molecule has 0 spiro atoms. The van der Waals surface area contributed by atoms with Crippen molar-refractivity contribution in [3.63, 3.8) is 0 Å². The molecular weight excluding hydrogens is 473 g/mol. The highest BCUT2D eigenvalue weighted by Crippen LogP contribution is 2.38. The molecule has 0 aliphatic rings. The number of ether oxygens (including phenoxy) is 2. The minimum absolute atomic E-state index is 0.136. The summed E-state index contributed by atoms with van der Waals surface area (Å²) in [6.45, 7) is 4.76. The zero-order chi connectivity index (χ0) is 23.3. The van der Waals surface area contributed by atoms with Gasteiger partial charge in [0.25, 0.3) is 0 Å². The lowest BCUT2D eigenvalue weighted by Crippen LogP contribution is -2.06. The van der Waals surface area contributed by atoms with E-state index < -0.39 is 5.97 Å². The number of hydrogen-bond donors (Lipinski definition) is 2. The van der Waals surface area contributed by atoms with Crippen molar-refractivity contribution in [3.8, 4) is 11.5 Å². The molecule has 168 valence electrons. The molecular formula is C24H22Cl3NO4. The summed E-state index contributed by atoms with van der Waals surface area (Å²) in [6, 6.07) is 13.8. The maximum Gasteiger partial charge on any atom is 0.335 e. The monoisotopic (exact) mass is 493 g/mol. The van der Waals surface area contributed by atoms with E-state index in [1.807, 2.05) is 19.9 Å². The number of halogens is 3. The first-order valence-electron chi connectivity index (χ1n) is 9.88. The Labute approximate surface area is 201 Å². The molecule has 0 saturated heterocycles. The fraction of sp³-hybridized carbons (Fsp3) is 0.208. The number of nitrogens with one attached hydrogen (secondary N) is 1. The van der Waals surface area contributed by atoms with Crippen molar-refractivity contribution in [3.05, 3.63) is 85.9 Å². The maximum atomic E-state index is 11.3. The highest BCUT2D eigenvalue weighted by atomic mass is 35.5. The summed E-state index contributed by atoms with van der Waals surface area (Å²) < 4.78 is 11.7. The van der Waals surface area contributed by atoms with Crippen LogP contribution in [0.25, 0.3) is 0 Å². The molecule has 0 atom stereocenters. The van der Waals surface area contributed by atoms with Gasteiger partial charge in [0.15, 0.2) is 11.5 Å². The number of benzene rings is 3. The van der Waals surface area contributed by atoms with Crippen LogP contribution in [0.15, 0.2) is 48.5 Å². The number of carboxylic acid groups (broad SMARTS) is 1. The lowest BCUT2D eigenvalue weighted by atomic mass is 10.1. The molecule has 0 radical (unpaired) electrons. The molecule has 0 fully saturated rings. The van der Waals surface area contributed by atoms with Crippen molar-refractivity contribution >= 4 is 46.5 Å². The predicted octanol–water partition coefficient (Wildman–Crippen LogP) is 7.24. The topological polar surface area (TPSA) is 67.8 Å². The summed E-state index contributed by atoms with van der Waals surface area (Å²) in [5.74, 6) is -0.0804. The van der Waals surface area contributed by atoms with E-state index in [1.54, 1.807) is 42.5 Å². The Balaban J connectivity index is 1.81. The van der Waals surface area contributed by atoms with Crippen LogP contribution in [0.1, 0.15) is 34.0 Å². The van der Waals surface area contributed by atoms with E-state index in [2.05, 4.69) is 5.32 Å². The summed E-state index contributed by atoms with van der Waals surface area (Å²) in [5.41, 5.74) is 3.39. The second-order valence-corrected chi connectivity index (χ2v) is 8.24. The Morgan fingerprint density at radius 2 is 1.72 bits per heavy atom. The first kappa shape index (κ1) is 24.1.